The number of rotatable bonds is 2. The second-order valence-corrected chi connectivity index (χ2v) is 8.13. The number of nitrogens with one attached hydrogen (secondary N) is 1. The Morgan fingerprint density at radius 2 is 1.86 bits per heavy atom. The van der Waals surface area contributed by atoms with Crippen LogP contribution in [0.5, 0.6) is 0 Å². The van der Waals surface area contributed by atoms with Gasteiger partial charge in [0.05, 0.1) is 10.6 Å². The average Bonchev–Trinajstić information content (AvgIpc) is 2.47. The van der Waals surface area contributed by atoms with Gasteiger partial charge in [0.25, 0.3) is 5.91 Å². The molecule has 0 saturated heterocycles. The largest absolute Gasteiger partial charge is 0.349 e. The van der Waals surface area contributed by atoms with Gasteiger partial charge in [-0.05, 0) is 49.4 Å². The Labute approximate surface area is 125 Å². The van der Waals surface area contributed by atoms with Gasteiger partial charge in [-0.2, -0.15) is 0 Å². The van der Waals surface area contributed by atoms with Crippen molar-refractivity contribution in [1.82, 2.24) is 5.32 Å². The molecule has 0 unspecified atom stereocenters. The summed E-state index contributed by atoms with van der Waals surface area (Å²) < 4.78 is 23.9. The number of sulfone groups is 1. The lowest BCUT2D eigenvalue weighted by molar-refractivity contribution is 0.0927. The van der Waals surface area contributed by atoms with Crippen molar-refractivity contribution in [2.75, 3.05) is 5.75 Å². The van der Waals surface area contributed by atoms with Crippen LogP contribution >= 0.6 is 0 Å². The van der Waals surface area contributed by atoms with E-state index >= 15 is 0 Å². The Balaban J connectivity index is 1.78. The highest BCUT2D eigenvalue weighted by atomic mass is 32.2. The van der Waals surface area contributed by atoms with Crippen LogP contribution in [0.25, 0.3) is 0 Å². The standard InChI is InChI=1S/C16H21NO3S/c18-16(17-14-6-2-1-3-7-14)13-8-9-15-12(11-13)5-4-10-21(15,19)20/h8-9,11,14H,1-7,10H2,(H,17,18). The summed E-state index contributed by atoms with van der Waals surface area (Å²) in [5, 5.41) is 3.07. The summed E-state index contributed by atoms with van der Waals surface area (Å²) in [6.45, 7) is 0. The Morgan fingerprint density at radius 3 is 2.62 bits per heavy atom. The SMILES string of the molecule is O=C(NC1CCCCC1)c1ccc2c(c1)CCCS2(=O)=O. The van der Waals surface area contributed by atoms with E-state index in [1.165, 1.54) is 19.3 Å². The second-order valence-electron chi connectivity index (χ2n) is 6.05. The number of hydrogen-bond acceptors (Lipinski definition) is 3. The van der Waals surface area contributed by atoms with E-state index in [2.05, 4.69) is 5.32 Å². The highest BCUT2D eigenvalue weighted by molar-refractivity contribution is 7.91. The van der Waals surface area contributed by atoms with Gasteiger partial charge in [-0.25, -0.2) is 8.42 Å². The van der Waals surface area contributed by atoms with E-state index in [4.69, 9.17) is 0 Å². The molecule has 0 radical (unpaired) electrons. The Bertz CT molecular complexity index is 645. The van der Waals surface area contributed by atoms with Gasteiger partial charge in [0.15, 0.2) is 9.84 Å². The highest BCUT2D eigenvalue weighted by Crippen LogP contribution is 2.26. The number of fused-ring (bicyclic) bond motifs is 1. The van der Waals surface area contributed by atoms with Crippen molar-refractivity contribution in [3.05, 3.63) is 29.3 Å². The van der Waals surface area contributed by atoms with Crippen LogP contribution in [0.2, 0.25) is 0 Å². The maximum atomic E-state index is 12.3. The molecule has 0 atom stereocenters. The van der Waals surface area contributed by atoms with Crippen LogP contribution in [0.1, 0.15) is 54.4 Å². The van der Waals surface area contributed by atoms with Crippen LogP contribution in [0.4, 0.5) is 0 Å². The predicted molar refractivity (Wildman–Crippen MR) is 81.2 cm³/mol. The van der Waals surface area contributed by atoms with Gasteiger partial charge < -0.3 is 5.32 Å². The summed E-state index contributed by atoms with van der Waals surface area (Å²) in [6, 6.07) is 5.26. The molecule has 1 aromatic rings. The van der Waals surface area contributed by atoms with Crippen molar-refractivity contribution in [1.29, 1.82) is 0 Å². The fraction of sp³-hybridized carbons (Fsp3) is 0.562. The van der Waals surface area contributed by atoms with Crippen molar-refractivity contribution in [2.45, 2.75) is 55.9 Å². The molecular weight excluding hydrogens is 286 g/mol. The zero-order valence-corrected chi connectivity index (χ0v) is 12.9. The maximum absolute atomic E-state index is 12.3. The lowest BCUT2D eigenvalue weighted by atomic mass is 9.95. The number of carbonyl (C=O) groups is 1. The Kier molecular flexibility index (Phi) is 4.02. The molecule has 114 valence electrons. The third-order valence-corrected chi connectivity index (χ3v) is 6.35. The van der Waals surface area contributed by atoms with E-state index in [-0.39, 0.29) is 17.7 Å². The van der Waals surface area contributed by atoms with E-state index in [0.29, 0.717) is 16.9 Å². The summed E-state index contributed by atoms with van der Waals surface area (Å²) in [5.41, 5.74) is 1.37. The molecule has 1 aliphatic heterocycles. The molecule has 2 aliphatic rings. The third kappa shape index (κ3) is 3.12. The van der Waals surface area contributed by atoms with Crippen LogP contribution in [0.15, 0.2) is 23.1 Å². The smallest absolute Gasteiger partial charge is 0.251 e. The van der Waals surface area contributed by atoms with Gasteiger partial charge in [-0.15, -0.1) is 0 Å². The fourth-order valence-corrected chi connectivity index (χ4v) is 4.88. The number of amides is 1. The summed E-state index contributed by atoms with van der Waals surface area (Å²) in [5.74, 6) is 0.140. The zero-order valence-electron chi connectivity index (χ0n) is 12.1. The van der Waals surface area contributed by atoms with Gasteiger partial charge >= 0.3 is 0 Å². The van der Waals surface area contributed by atoms with Crippen LogP contribution in [0.3, 0.4) is 0 Å². The monoisotopic (exact) mass is 307 g/mol. The average molecular weight is 307 g/mol. The van der Waals surface area contributed by atoms with Crippen molar-refractivity contribution in [2.24, 2.45) is 0 Å². The van der Waals surface area contributed by atoms with Crippen LogP contribution in [0, 0.1) is 0 Å². The number of benzene rings is 1. The first-order valence-electron chi connectivity index (χ1n) is 7.73. The zero-order chi connectivity index (χ0) is 14.9. The molecule has 1 aromatic carbocycles. The molecule has 0 bridgehead atoms. The van der Waals surface area contributed by atoms with Gasteiger partial charge in [-0.1, -0.05) is 19.3 Å². The predicted octanol–water partition coefficient (Wildman–Crippen LogP) is 2.47. The summed E-state index contributed by atoms with van der Waals surface area (Å²) in [6.07, 6.45) is 7.07. The molecule has 4 nitrogen and oxygen atoms in total. The molecule has 1 N–H and O–H groups in total. The Hall–Kier alpha value is -1.36. The molecule has 3 rings (SSSR count). The minimum atomic E-state index is -3.14. The van der Waals surface area contributed by atoms with Gasteiger partial charge in [-0.3, -0.25) is 4.79 Å². The van der Waals surface area contributed by atoms with Crippen molar-refractivity contribution in [3.8, 4) is 0 Å². The number of aryl methyl sites for hydroxylation is 1. The minimum Gasteiger partial charge on any atom is -0.349 e. The Morgan fingerprint density at radius 1 is 1.10 bits per heavy atom. The van der Waals surface area contributed by atoms with E-state index in [0.717, 1.165) is 24.8 Å². The van der Waals surface area contributed by atoms with E-state index in [9.17, 15) is 13.2 Å². The topological polar surface area (TPSA) is 63.2 Å². The van der Waals surface area contributed by atoms with Crippen molar-refractivity contribution >= 4 is 15.7 Å². The van der Waals surface area contributed by atoms with E-state index in [1.54, 1.807) is 18.2 Å². The molecule has 0 aromatic heterocycles. The number of hydrogen-bond donors (Lipinski definition) is 1. The van der Waals surface area contributed by atoms with Crippen LogP contribution < -0.4 is 5.32 Å². The molecule has 21 heavy (non-hydrogen) atoms. The van der Waals surface area contributed by atoms with Crippen LogP contribution in [-0.4, -0.2) is 26.1 Å². The first-order chi connectivity index (χ1) is 10.1. The summed E-state index contributed by atoms with van der Waals surface area (Å²) >= 11 is 0. The normalized spacial score (nSPS) is 21.5. The summed E-state index contributed by atoms with van der Waals surface area (Å²) in [7, 11) is -3.14. The molecule has 1 saturated carbocycles. The molecule has 5 heteroatoms. The first-order valence-corrected chi connectivity index (χ1v) is 9.38. The lowest BCUT2D eigenvalue weighted by Crippen LogP contribution is -2.36. The molecule has 1 fully saturated rings. The van der Waals surface area contributed by atoms with Gasteiger partial charge in [0.2, 0.25) is 0 Å². The van der Waals surface area contributed by atoms with Crippen LogP contribution in [-0.2, 0) is 16.3 Å². The molecular formula is C16H21NO3S. The first kappa shape index (κ1) is 14.6. The third-order valence-electron chi connectivity index (χ3n) is 4.46. The maximum Gasteiger partial charge on any atom is 0.251 e. The highest BCUT2D eigenvalue weighted by Gasteiger charge is 2.24. The van der Waals surface area contributed by atoms with E-state index < -0.39 is 9.84 Å². The van der Waals surface area contributed by atoms with Crippen molar-refractivity contribution < 1.29 is 13.2 Å². The molecule has 1 heterocycles. The summed E-state index contributed by atoms with van der Waals surface area (Å²) in [4.78, 5) is 12.7. The minimum absolute atomic E-state index is 0.0762. The molecule has 0 spiro atoms. The fourth-order valence-electron chi connectivity index (χ4n) is 3.30. The van der Waals surface area contributed by atoms with Crippen molar-refractivity contribution in [3.63, 3.8) is 0 Å². The molecule has 1 aliphatic carbocycles. The lowest BCUT2D eigenvalue weighted by Gasteiger charge is -2.23. The quantitative estimate of drug-likeness (QED) is 0.913. The number of carbonyl (C=O) groups excluding carboxylic acids is 1. The second kappa shape index (κ2) is 5.79. The molecule has 1 amide bonds. The van der Waals surface area contributed by atoms with Gasteiger partial charge in [0.1, 0.15) is 0 Å². The van der Waals surface area contributed by atoms with Gasteiger partial charge in [0, 0.05) is 11.6 Å². The van der Waals surface area contributed by atoms with E-state index in [1.807, 2.05) is 0 Å².